The molecule has 2 saturated heterocycles. The van der Waals surface area contributed by atoms with Crippen LogP contribution in [-0.4, -0.2) is 60.3 Å². The fourth-order valence-corrected chi connectivity index (χ4v) is 2.92. The van der Waals surface area contributed by atoms with Crippen LogP contribution in [0.15, 0.2) is 0 Å². The molecule has 2 aliphatic heterocycles. The molecule has 3 atom stereocenters. The number of ether oxygens (including phenoxy) is 1. The summed E-state index contributed by atoms with van der Waals surface area (Å²) < 4.78 is 5.32. The van der Waals surface area contributed by atoms with Crippen molar-refractivity contribution in [2.75, 3.05) is 26.3 Å². The molecule has 2 heterocycles. The zero-order chi connectivity index (χ0) is 13.8. The van der Waals surface area contributed by atoms with Crippen molar-refractivity contribution in [1.82, 2.24) is 10.2 Å². The monoisotopic (exact) mass is 270 g/mol. The average molecular weight is 270 g/mol. The first-order valence-electron chi connectivity index (χ1n) is 6.93. The maximum Gasteiger partial charge on any atom is 0.326 e. The van der Waals surface area contributed by atoms with E-state index in [2.05, 4.69) is 5.32 Å². The Morgan fingerprint density at radius 2 is 2.26 bits per heavy atom. The maximum absolute atomic E-state index is 12.3. The molecule has 0 bridgehead atoms. The number of hydrogen-bond donors (Lipinski definition) is 2. The van der Waals surface area contributed by atoms with Gasteiger partial charge in [0.1, 0.15) is 6.04 Å². The molecule has 2 fully saturated rings. The molecule has 0 aliphatic carbocycles. The smallest absolute Gasteiger partial charge is 0.326 e. The molecule has 0 aromatic rings. The summed E-state index contributed by atoms with van der Waals surface area (Å²) in [5.41, 5.74) is 0. The van der Waals surface area contributed by atoms with Crippen LogP contribution in [0.4, 0.5) is 0 Å². The van der Waals surface area contributed by atoms with E-state index in [1.807, 2.05) is 6.92 Å². The quantitative estimate of drug-likeness (QED) is 0.759. The molecule has 2 aliphatic rings. The lowest BCUT2D eigenvalue weighted by molar-refractivity contribution is -0.155. The molecule has 6 nitrogen and oxygen atoms in total. The minimum absolute atomic E-state index is 0.00734. The van der Waals surface area contributed by atoms with Gasteiger partial charge in [-0.25, -0.2) is 4.79 Å². The lowest BCUT2D eigenvalue weighted by atomic mass is 9.90. The van der Waals surface area contributed by atoms with Crippen molar-refractivity contribution in [2.45, 2.75) is 38.3 Å². The summed E-state index contributed by atoms with van der Waals surface area (Å²) in [5.74, 6) is -0.957. The highest BCUT2D eigenvalue weighted by atomic mass is 16.5. The first-order chi connectivity index (χ1) is 9.09. The van der Waals surface area contributed by atoms with Gasteiger partial charge in [-0.05, 0) is 18.8 Å². The minimum Gasteiger partial charge on any atom is -0.480 e. The number of likely N-dealkylation sites (tertiary alicyclic amines) is 1. The molecule has 0 spiro atoms. The van der Waals surface area contributed by atoms with Gasteiger partial charge < -0.3 is 20.1 Å². The summed E-state index contributed by atoms with van der Waals surface area (Å²) in [4.78, 5) is 25.2. The number of aliphatic carboxylic acids is 1. The van der Waals surface area contributed by atoms with Crippen LogP contribution in [0.1, 0.15) is 26.2 Å². The number of morpholine rings is 1. The first kappa shape index (κ1) is 14.3. The van der Waals surface area contributed by atoms with Gasteiger partial charge in [0.05, 0.1) is 13.2 Å². The van der Waals surface area contributed by atoms with Gasteiger partial charge in [0.2, 0.25) is 5.91 Å². The van der Waals surface area contributed by atoms with Crippen LogP contribution in [0.25, 0.3) is 0 Å². The number of rotatable bonds is 3. The Balaban J connectivity index is 1.97. The van der Waals surface area contributed by atoms with Crippen molar-refractivity contribution in [2.24, 2.45) is 5.92 Å². The summed E-state index contributed by atoms with van der Waals surface area (Å²) >= 11 is 0. The highest BCUT2D eigenvalue weighted by Crippen LogP contribution is 2.24. The van der Waals surface area contributed by atoms with Crippen molar-refractivity contribution in [3.8, 4) is 0 Å². The van der Waals surface area contributed by atoms with E-state index in [0.29, 0.717) is 26.2 Å². The summed E-state index contributed by atoms with van der Waals surface area (Å²) in [7, 11) is 0. The predicted octanol–water partition coefficient (Wildman–Crippen LogP) is 0.0766. The standard InChI is InChI=1S/C13H22N2O4/c1-9-3-2-5-15(12(9)13(17)18)11(16)7-10-8-19-6-4-14-10/h9-10,12,14H,2-8H2,1H3,(H,17,18). The van der Waals surface area contributed by atoms with E-state index >= 15 is 0 Å². The number of carbonyl (C=O) groups is 2. The Bertz CT molecular complexity index is 342. The van der Waals surface area contributed by atoms with Gasteiger partial charge in [0, 0.05) is 25.6 Å². The van der Waals surface area contributed by atoms with Gasteiger partial charge in [-0.3, -0.25) is 4.79 Å². The second kappa shape index (κ2) is 6.34. The van der Waals surface area contributed by atoms with Crippen LogP contribution in [0, 0.1) is 5.92 Å². The lowest BCUT2D eigenvalue weighted by Gasteiger charge is -2.38. The Hall–Kier alpha value is -1.14. The second-order valence-electron chi connectivity index (χ2n) is 5.42. The molecule has 6 heteroatoms. The SMILES string of the molecule is CC1CCCN(C(=O)CC2COCCN2)C1C(=O)O. The Kier molecular flexibility index (Phi) is 4.76. The zero-order valence-corrected chi connectivity index (χ0v) is 11.3. The van der Waals surface area contributed by atoms with Crippen LogP contribution < -0.4 is 5.32 Å². The first-order valence-corrected chi connectivity index (χ1v) is 6.93. The summed E-state index contributed by atoms with van der Waals surface area (Å²) in [5, 5.41) is 12.5. The van der Waals surface area contributed by atoms with Crippen molar-refractivity contribution >= 4 is 11.9 Å². The van der Waals surface area contributed by atoms with Crippen molar-refractivity contribution in [1.29, 1.82) is 0 Å². The third-order valence-corrected chi connectivity index (χ3v) is 3.93. The number of nitrogens with zero attached hydrogens (tertiary/aromatic N) is 1. The van der Waals surface area contributed by atoms with Gasteiger partial charge in [0.25, 0.3) is 0 Å². The summed E-state index contributed by atoms with van der Waals surface area (Å²) in [6.07, 6.45) is 2.06. The van der Waals surface area contributed by atoms with Gasteiger partial charge in [0.15, 0.2) is 0 Å². The van der Waals surface area contributed by atoms with Gasteiger partial charge >= 0.3 is 5.97 Å². The molecule has 0 aromatic heterocycles. The van der Waals surface area contributed by atoms with Crippen LogP contribution in [-0.2, 0) is 14.3 Å². The maximum atomic E-state index is 12.3. The third kappa shape index (κ3) is 3.45. The fraction of sp³-hybridized carbons (Fsp3) is 0.846. The molecule has 2 rings (SSSR count). The van der Waals surface area contributed by atoms with E-state index in [1.165, 1.54) is 4.90 Å². The van der Waals surface area contributed by atoms with Crippen LogP contribution in [0.5, 0.6) is 0 Å². The van der Waals surface area contributed by atoms with E-state index in [0.717, 1.165) is 19.4 Å². The largest absolute Gasteiger partial charge is 0.480 e. The normalized spacial score (nSPS) is 32.1. The molecular weight excluding hydrogens is 248 g/mol. The number of hydrogen-bond acceptors (Lipinski definition) is 4. The fourth-order valence-electron chi connectivity index (χ4n) is 2.92. The molecule has 0 radical (unpaired) electrons. The van der Waals surface area contributed by atoms with Crippen LogP contribution >= 0.6 is 0 Å². The zero-order valence-electron chi connectivity index (χ0n) is 11.3. The molecular formula is C13H22N2O4. The average Bonchev–Trinajstić information content (AvgIpc) is 2.39. The Morgan fingerprint density at radius 3 is 2.89 bits per heavy atom. The minimum atomic E-state index is -0.895. The second-order valence-corrected chi connectivity index (χ2v) is 5.42. The van der Waals surface area contributed by atoms with E-state index in [9.17, 15) is 14.7 Å². The highest BCUT2D eigenvalue weighted by Gasteiger charge is 2.37. The number of nitrogens with one attached hydrogen (secondary N) is 1. The molecule has 19 heavy (non-hydrogen) atoms. The predicted molar refractivity (Wildman–Crippen MR) is 68.8 cm³/mol. The van der Waals surface area contributed by atoms with Gasteiger partial charge in [-0.1, -0.05) is 6.92 Å². The van der Waals surface area contributed by atoms with E-state index in [-0.39, 0.29) is 17.9 Å². The molecule has 108 valence electrons. The van der Waals surface area contributed by atoms with Crippen molar-refractivity contribution in [3.05, 3.63) is 0 Å². The number of carboxylic acids is 1. The summed E-state index contributed by atoms with van der Waals surface area (Å²) in [6.45, 7) is 4.39. The molecule has 0 aromatic carbocycles. The summed E-state index contributed by atoms with van der Waals surface area (Å²) in [6, 6.07) is -0.668. The Morgan fingerprint density at radius 1 is 1.47 bits per heavy atom. The Labute approximate surface area is 113 Å². The van der Waals surface area contributed by atoms with Gasteiger partial charge in [-0.15, -0.1) is 0 Å². The molecule has 0 saturated carbocycles. The van der Waals surface area contributed by atoms with E-state index < -0.39 is 12.0 Å². The third-order valence-electron chi connectivity index (χ3n) is 3.93. The topological polar surface area (TPSA) is 78.9 Å². The number of piperidine rings is 1. The van der Waals surface area contributed by atoms with Crippen molar-refractivity contribution in [3.63, 3.8) is 0 Å². The number of amides is 1. The van der Waals surface area contributed by atoms with Crippen LogP contribution in [0.3, 0.4) is 0 Å². The van der Waals surface area contributed by atoms with E-state index in [1.54, 1.807) is 0 Å². The lowest BCUT2D eigenvalue weighted by Crippen LogP contribution is -2.54. The molecule has 2 N–H and O–H groups in total. The highest BCUT2D eigenvalue weighted by molar-refractivity contribution is 5.84. The van der Waals surface area contributed by atoms with E-state index in [4.69, 9.17) is 4.74 Å². The van der Waals surface area contributed by atoms with Crippen molar-refractivity contribution < 1.29 is 19.4 Å². The van der Waals surface area contributed by atoms with Gasteiger partial charge in [-0.2, -0.15) is 0 Å². The number of carboxylic acid groups (broad SMARTS) is 1. The molecule has 1 amide bonds. The van der Waals surface area contributed by atoms with Crippen LogP contribution in [0.2, 0.25) is 0 Å². The number of carbonyl (C=O) groups excluding carboxylic acids is 1. The molecule has 3 unspecified atom stereocenters.